The molecular formula is C23H22N2O6S. The monoisotopic (exact) mass is 454 g/mol. The standard InChI is InChI=1S/C23H22N2O6S/c1-25(19-8-4-3-5-9-19)32(28,29)21-13-11-17(12-14-21)23(27)31-16-22(26)24-18-7-6-10-20(15-18)30-2/h3-15H,16H2,1-2H3,(H,24,26). The zero-order chi connectivity index (χ0) is 23.1. The molecule has 8 nitrogen and oxygen atoms in total. The van der Waals surface area contributed by atoms with Gasteiger partial charge in [0.1, 0.15) is 5.75 Å². The molecule has 0 saturated heterocycles. The van der Waals surface area contributed by atoms with Crippen molar-refractivity contribution in [3.8, 4) is 5.75 Å². The highest BCUT2D eigenvalue weighted by Gasteiger charge is 2.21. The molecule has 0 aliphatic heterocycles. The number of amides is 1. The Morgan fingerprint density at radius 1 is 0.938 bits per heavy atom. The number of hydrogen-bond donors (Lipinski definition) is 1. The second kappa shape index (κ2) is 9.97. The van der Waals surface area contributed by atoms with Gasteiger partial charge < -0.3 is 14.8 Å². The maximum atomic E-state index is 12.8. The van der Waals surface area contributed by atoms with Crippen LogP contribution in [0.3, 0.4) is 0 Å². The average molecular weight is 455 g/mol. The lowest BCUT2D eigenvalue weighted by atomic mass is 10.2. The quantitative estimate of drug-likeness (QED) is 0.524. The first-order valence-corrected chi connectivity index (χ1v) is 11.0. The second-order valence-corrected chi connectivity index (χ2v) is 8.66. The summed E-state index contributed by atoms with van der Waals surface area (Å²) in [4.78, 5) is 24.3. The Balaban J connectivity index is 1.60. The third-order valence-electron chi connectivity index (χ3n) is 4.56. The van der Waals surface area contributed by atoms with E-state index in [0.29, 0.717) is 17.1 Å². The summed E-state index contributed by atoms with van der Waals surface area (Å²) in [5.74, 6) is -0.686. The van der Waals surface area contributed by atoms with Gasteiger partial charge >= 0.3 is 5.97 Å². The second-order valence-electron chi connectivity index (χ2n) is 6.69. The van der Waals surface area contributed by atoms with Gasteiger partial charge in [-0.1, -0.05) is 24.3 Å². The van der Waals surface area contributed by atoms with Crippen LogP contribution in [0.25, 0.3) is 0 Å². The highest BCUT2D eigenvalue weighted by atomic mass is 32.2. The Bertz CT molecular complexity index is 1190. The summed E-state index contributed by atoms with van der Waals surface area (Å²) in [5, 5.41) is 2.60. The van der Waals surface area contributed by atoms with Gasteiger partial charge in [-0.25, -0.2) is 13.2 Å². The van der Waals surface area contributed by atoms with E-state index in [-0.39, 0.29) is 10.5 Å². The first-order chi connectivity index (χ1) is 15.3. The van der Waals surface area contributed by atoms with Crippen molar-refractivity contribution in [3.63, 3.8) is 0 Å². The number of rotatable bonds is 8. The van der Waals surface area contributed by atoms with E-state index in [4.69, 9.17) is 9.47 Å². The number of sulfonamides is 1. The number of nitrogens with one attached hydrogen (secondary N) is 1. The summed E-state index contributed by atoms with van der Waals surface area (Å²) in [6.07, 6.45) is 0. The molecule has 0 aliphatic rings. The summed E-state index contributed by atoms with van der Waals surface area (Å²) in [6.45, 7) is -0.493. The normalized spacial score (nSPS) is 10.8. The lowest BCUT2D eigenvalue weighted by Crippen LogP contribution is -2.26. The molecule has 32 heavy (non-hydrogen) atoms. The zero-order valence-electron chi connectivity index (χ0n) is 17.5. The highest BCUT2D eigenvalue weighted by molar-refractivity contribution is 7.92. The van der Waals surface area contributed by atoms with Gasteiger partial charge in [0.2, 0.25) is 0 Å². The molecule has 3 aromatic carbocycles. The molecule has 0 spiro atoms. The predicted molar refractivity (Wildman–Crippen MR) is 120 cm³/mol. The molecule has 1 amide bonds. The largest absolute Gasteiger partial charge is 0.497 e. The number of methoxy groups -OCH3 is 1. The van der Waals surface area contributed by atoms with Crippen LogP contribution < -0.4 is 14.4 Å². The van der Waals surface area contributed by atoms with Gasteiger partial charge in [0.05, 0.1) is 23.3 Å². The fraction of sp³-hybridized carbons (Fsp3) is 0.130. The molecule has 0 fully saturated rings. The number of esters is 1. The summed E-state index contributed by atoms with van der Waals surface area (Å²) in [5.41, 5.74) is 1.14. The zero-order valence-corrected chi connectivity index (χ0v) is 18.3. The molecule has 0 unspecified atom stereocenters. The Labute approximate surface area is 186 Å². The molecule has 166 valence electrons. The van der Waals surface area contributed by atoms with Crippen molar-refractivity contribution >= 4 is 33.3 Å². The van der Waals surface area contributed by atoms with E-state index in [9.17, 15) is 18.0 Å². The summed E-state index contributed by atoms with van der Waals surface area (Å²) in [6, 6.07) is 20.7. The van der Waals surface area contributed by atoms with Crippen LogP contribution in [0.15, 0.2) is 83.8 Å². The number of para-hydroxylation sites is 1. The van der Waals surface area contributed by atoms with E-state index in [0.717, 1.165) is 4.31 Å². The fourth-order valence-electron chi connectivity index (χ4n) is 2.81. The lowest BCUT2D eigenvalue weighted by molar-refractivity contribution is -0.119. The molecule has 0 bridgehead atoms. The maximum Gasteiger partial charge on any atom is 0.338 e. The molecular weight excluding hydrogens is 432 g/mol. The third-order valence-corrected chi connectivity index (χ3v) is 6.36. The number of hydrogen-bond acceptors (Lipinski definition) is 6. The molecule has 0 saturated carbocycles. The first kappa shape index (κ1) is 22.8. The lowest BCUT2D eigenvalue weighted by Gasteiger charge is -2.19. The maximum absolute atomic E-state index is 12.8. The molecule has 0 aromatic heterocycles. The summed E-state index contributed by atoms with van der Waals surface area (Å²) < 4.78 is 36.9. The van der Waals surface area contributed by atoms with Crippen molar-refractivity contribution in [2.24, 2.45) is 0 Å². The van der Waals surface area contributed by atoms with Crippen molar-refractivity contribution in [1.29, 1.82) is 0 Å². The minimum atomic E-state index is -3.79. The van der Waals surface area contributed by atoms with E-state index < -0.39 is 28.5 Å². The van der Waals surface area contributed by atoms with Crippen molar-refractivity contribution in [2.75, 3.05) is 30.4 Å². The number of ether oxygens (including phenoxy) is 2. The van der Waals surface area contributed by atoms with Crippen LogP contribution in [-0.4, -0.2) is 41.1 Å². The van der Waals surface area contributed by atoms with Gasteiger partial charge in [0.15, 0.2) is 6.61 Å². The molecule has 0 aliphatic carbocycles. The van der Waals surface area contributed by atoms with Gasteiger partial charge in [-0.3, -0.25) is 9.10 Å². The van der Waals surface area contributed by atoms with Gasteiger partial charge in [0, 0.05) is 18.8 Å². The molecule has 0 radical (unpaired) electrons. The fourth-order valence-corrected chi connectivity index (χ4v) is 4.01. The minimum Gasteiger partial charge on any atom is -0.497 e. The van der Waals surface area contributed by atoms with Gasteiger partial charge in [-0.15, -0.1) is 0 Å². The third kappa shape index (κ3) is 5.44. The average Bonchev–Trinajstić information content (AvgIpc) is 2.82. The Morgan fingerprint density at radius 2 is 1.62 bits per heavy atom. The van der Waals surface area contributed by atoms with Crippen molar-refractivity contribution in [1.82, 2.24) is 0 Å². The van der Waals surface area contributed by atoms with E-state index >= 15 is 0 Å². The number of nitrogens with zero attached hydrogens (tertiary/aromatic N) is 1. The van der Waals surface area contributed by atoms with Crippen molar-refractivity contribution < 1.29 is 27.5 Å². The topological polar surface area (TPSA) is 102 Å². The van der Waals surface area contributed by atoms with E-state index in [1.165, 1.54) is 38.4 Å². The van der Waals surface area contributed by atoms with Crippen molar-refractivity contribution in [2.45, 2.75) is 4.90 Å². The summed E-state index contributed by atoms with van der Waals surface area (Å²) >= 11 is 0. The predicted octanol–water partition coefficient (Wildman–Crippen LogP) is 3.32. The van der Waals surface area contributed by atoms with Crippen LogP contribution in [0.5, 0.6) is 5.75 Å². The van der Waals surface area contributed by atoms with E-state index in [2.05, 4.69) is 5.32 Å². The molecule has 9 heteroatoms. The molecule has 1 N–H and O–H groups in total. The van der Waals surface area contributed by atoms with Gasteiger partial charge in [-0.05, 0) is 48.5 Å². The highest BCUT2D eigenvalue weighted by Crippen LogP contribution is 2.22. The summed E-state index contributed by atoms with van der Waals surface area (Å²) in [7, 11) is -0.829. The SMILES string of the molecule is COc1cccc(NC(=O)COC(=O)c2ccc(S(=O)(=O)N(C)c3ccccc3)cc2)c1. The molecule has 3 rings (SSSR count). The smallest absolute Gasteiger partial charge is 0.338 e. The molecule has 0 heterocycles. The number of anilines is 2. The van der Waals surface area contributed by atoms with Crippen LogP contribution in [0, 0.1) is 0 Å². The van der Waals surface area contributed by atoms with Crippen molar-refractivity contribution in [3.05, 3.63) is 84.4 Å². The van der Waals surface area contributed by atoms with E-state index in [1.807, 2.05) is 0 Å². The van der Waals surface area contributed by atoms with Gasteiger partial charge in [0.25, 0.3) is 15.9 Å². The van der Waals surface area contributed by atoms with Crippen LogP contribution in [0.2, 0.25) is 0 Å². The molecule has 3 aromatic rings. The number of carbonyl (C=O) groups is 2. The van der Waals surface area contributed by atoms with Gasteiger partial charge in [-0.2, -0.15) is 0 Å². The number of carbonyl (C=O) groups excluding carboxylic acids is 2. The first-order valence-electron chi connectivity index (χ1n) is 9.56. The van der Waals surface area contributed by atoms with Crippen LogP contribution in [0.4, 0.5) is 11.4 Å². The Hall–Kier alpha value is -3.85. The van der Waals surface area contributed by atoms with Crippen LogP contribution >= 0.6 is 0 Å². The number of benzene rings is 3. The Morgan fingerprint density at radius 3 is 2.28 bits per heavy atom. The Kier molecular flexibility index (Phi) is 7.11. The van der Waals surface area contributed by atoms with Crippen LogP contribution in [0.1, 0.15) is 10.4 Å². The van der Waals surface area contributed by atoms with Crippen LogP contribution in [-0.2, 0) is 19.6 Å². The van der Waals surface area contributed by atoms with E-state index in [1.54, 1.807) is 54.6 Å². The molecule has 0 atom stereocenters. The minimum absolute atomic E-state index is 0.0242.